The van der Waals surface area contributed by atoms with Gasteiger partial charge in [-0.3, -0.25) is 19.6 Å². The lowest BCUT2D eigenvalue weighted by atomic mass is 10.1. The van der Waals surface area contributed by atoms with Gasteiger partial charge in [-0.25, -0.2) is 0 Å². The minimum Gasteiger partial charge on any atom is -0.343 e. The molecule has 134 valence electrons. The molecule has 0 saturated heterocycles. The number of hydrogen-bond donors (Lipinski definition) is 1. The lowest BCUT2D eigenvalue weighted by molar-refractivity contribution is -0.386. The minimum absolute atomic E-state index is 0.0526. The SMILES string of the molecule is Cc1nn(Cc2ccc(C(=O)NCC(F)(F)F)cc2)c(C)c1[N+](=O)[O-]. The number of benzene rings is 1. The predicted molar refractivity (Wildman–Crippen MR) is 82.3 cm³/mol. The quantitative estimate of drug-likeness (QED) is 0.659. The molecule has 1 aromatic carbocycles. The summed E-state index contributed by atoms with van der Waals surface area (Å²) in [6.45, 7) is 1.96. The summed E-state index contributed by atoms with van der Waals surface area (Å²) in [4.78, 5) is 22.1. The Morgan fingerprint density at radius 2 is 1.88 bits per heavy atom. The first kappa shape index (κ1) is 18.4. The molecule has 2 rings (SSSR count). The van der Waals surface area contributed by atoms with Gasteiger partial charge in [-0.15, -0.1) is 0 Å². The fourth-order valence-corrected chi connectivity index (χ4v) is 2.32. The van der Waals surface area contributed by atoms with Gasteiger partial charge < -0.3 is 5.32 Å². The van der Waals surface area contributed by atoms with E-state index in [1.54, 1.807) is 24.4 Å². The summed E-state index contributed by atoms with van der Waals surface area (Å²) in [5, 5.41) is 16.9. The van der Waals surface area contributed by atoms with Gasteiger partial charge in [-0.1, -0.05) is 12.1 Å². The molecular formula is C15H15F3N4O3. The molecule has 2 aromatic rings. The van der Waals surface area contributed by atoms with E-state index in [1.807, 2.05) is 0 Å². The van der Waals surface area contributed by atoms with Crippen molar-refractivity contribution in [3.8, 4) is 0 Å². The van der Waals surface area contributed by atoms with E-state index in [1.165, 1.54) is 23.7 Å². The summed E-state index contributed by atoms with van der Waals surface area (Å²) in [6.07, 6.45) is -4.47. The number of hydrogen-bond acceptors (Lipinski definition) is 4. The molecule has 10 heteroatoms. The number of carbonyl (C=O) groups excluding carboxylic acids is 1. The Hall–Kier alpha value is -2.91. The second kappa shape index (κ2) is 6.91. The average molecular weight is 356 g/mol. The molecular weight excluding hydrogens is 341 g/mol. The molecule has 1 aromatic heterocycles. The van der Waals surface area contributed by atoms with Crippen molar-refractivity contribution in [2.45, 2.75) is 26.6 Å². The van der Waals surface area contributed by atoms with Crippen LogP contribution in [0.3, 0.4) is 0 Å². The molecule has 0 aliphatic carbocycles. The predicted octanol–water partition coefficient (Wildman–Crippen LogP) is 2.75. The van der Waals surface area contributed by atoms with E-state index in [0.717, 1.165) is 0 Å². The van der Waals surface area contributed by atoms with Crippen LogP contribution in [0.4, 0.5) is 18.9 Å². The summed E-state index contributed by atoms with van der Waals surface area (Å²) in [6, 6.07) is 5.90. The molecule has 0 bridgehead atoms. The third-order valence-electron chi connectivity index (χ3n) is 3.52. The fraction of sp³-hybridized carbons (Fsp3) is 0.333. The highest BCUT2D eigenvalue weighted by molar-refractivity contribution is 5.94. The van der Waals surface area contributed by atoms with Crippen LogP contribution in [0.5, 0.6) is 0 Å². The highest BCUT2D eigenvalue weighted by Crippen LogP contribution is 2.22. The van der Waals surface area contributed by atoms with E-state index in [9.17, 15) is 28.1 Å². The Morgan fingerprint density at radius 3 is 2.36 bits per heavy atom. The van der Waals surface area contributed by atoms with Crippen molar-refractivity contribution in [2.75, 3.05) is 6.54 Å². The number of nitrogens with zero attached hydrogens (tertiary/aromatic N) is 3. The fourth-order valence-electron chi connectivity index (χ4n) is 2.32. The van der Waals surface area contributed by atoms with Gasteiger partial charge in [0.25, 0.3) is 5.91 Å². The van der Waals surface area contributed by atoms with E-state index in [4.69, 9.17) is 0 Å². The molecule has 25 heavy (non-hydrogen) atoms. The van der Waals surface area contributed by atoms with Crippen LogP contribution in [-0.4, -0.2) is 33.3 Å². The molecule has 1 heterocycles. The average Bonchev–Trinajstić information content (AvgIpc) is 2.79. The van der Waals surface area contributed by atoms with Crippen LogP contribution in [0, 0.1) is 24.0 Å². The minimum atomic E-state index is -4.47. The molecule has 1 N–H and O–H groups in total. The number of aryl methyl sites for hydroxylation is 1. The van der Waals surface area contributed by atoms with Crippen LogP contribution < -0.4 is 5.32 Å². The third kappa shape index (κ3) is 4.55. The summed E-state index contributed by atoms with van der Waals surface area (Å²) in [5.41, 5.74) is 1.43. The van der Waals surface area contributed by atoms with Crippen molar-refractivity contribution in [1.82, 2.24) is 15.1 Å². The van der Waals surface area contributed by atoms with Gasteiger partial charge in [0, 0.05) is 5.56 Å². The van der Waals surface area contributed by atoms with Gasteiger partial charge in [0.1, 0.15) is 17.9 Å². The standard InChI is InChI=1S/C15H15F3N4O3/c1-9-13(22(24)25)10(2)21(20-9)7-11-3-5-12(6-4-11)14(23)19-8-15(16,17)18/h3-6H,7-8H2,1-2H3,(H,19,23). The molecule has 0 aliphatic heterocycles. The highest BCUT2D eigenvalue weighted by Gasteiger charge is 2.28. The maximum atomic E-state index is 12.1. The zero-order chi connectivity index (χ0) is 18.8. The summed E-state index contributed by atoms with van der Waals surface area (Å²) in [5.74, 6) is -0.828. The van der Waals surface area contributed by atoms with Crippen LogP contribution in [-0.2, 0) is 6.54 Å². The van der Waals surface area contributed by atoms with Crippen molar-refractivity contribution in [3.63, 3.8) is 0 Å². The molecule has 1 amide bonds. The monoisotopic (exact) mass is 356 g/mol. The van der Waals surface area contributed by atoms with E-state index in [0.29, 0.717) is 17.0 Å². The number of nitro groups is 1. The lowest BCUT2D eigenvalue weighted by Gasteiger charge is -2.09. The topological polar surface area (TPSA) is 90.1 Å². The number of carbonyl (C=O) groups is 1. The Balaban J connectivity index is 2.10. The normalized spacial score (nSPS) is 11.4. The van der Waals surface area contributed by atoms with Gasteiger partial charge >= 0.3 is 11.9 Å². The third-order valence-corrected chi connectivity index (χ3v) is 3.52. The largest absolute Gasteiger partial charge is 0.405 e. The van der Waals surface area contributed by atoms with Crippen molar-refractivity contribution in [3.05, 3.63) is 56.9 Å². The number of alkyl halides is 3. The van der Waals surface area contributed by atoms with Crippen molar-refractivity contribution in [2.24, 2.45) is 0 Å². The molecule has 0 saturated carbocycles. The van der Waals surface area contributed by atoms with Gasteiger partial charge in [0.05, 0.1) is 11.5 Å². The second-order valence-electron chi connectivity index (χ2n) is 5.43. The number of nitrogens with one attached hydrogen (secondary N) is 1. The van der Waals surface area contributed by atoms with E-state index < -0.39 is 23.6 Å². The zero-order valence-electron chi connectivity index (χ0n) is 13.4. The summed E-state index contributed by atoms with van der Waals surface area (Å²) < 4.78 is 37.7. The van der Waals surface area contributed by atoms with Crippen LogP contribution >= 0.6 is 0 Å². The van der Waals surface area contributed by atoms with E-state index >= 15 is 0 Å². The second-order valence-corrected chi connectivity index (χ2v) is 5.43. The Bertz CT molecular complexity index is 798. The van der Waals surface area contributed by atoms with Gasteiger partial charge in [0.2, 0.25) is 0 Å². The molecule has 0 aliphatic rings. The molecule has 0 spiro atoms. The number of halogens is 3. The Morgan fingerprint density at radius 1 is 1.28 bits per heavy atom. The van der Waals surface area contributed by atoms with Gasteiger partial charge in [0.15, 0.2) is 0 Å². The van der Waals surface area contributed by atoms with Crippen molar-refractivity contribution in [1.29, 1.82) is 0 Å². The van der Waals surface area contributed by atoms with Crippen molar-refractivity contribution >= 4 is 11.6 Å². The number of rotatable bonds is 5. The zero-order valence-corrected chi connectivity index (χ0v) is 13.4. The first-order valence-corrected chi connectivity index (χ1v) is 7.21. The highest BCUT2D eigenvalue weighted by atomic mass is 19.4. The van der Waals surface area contributed by atoms with E-state index in [-0.39, 0.29) is 17.8 Å². The Kier molecular flexibility index (Phi) is 5.10. The van der Waals surface area contributed by atoms with Crippen LogP contribution in [0.2, 0.25) is 0 Å². The lowest BCUT2D eigenvalue weighted by Crippen LogP contribution is -2.33. The smallest absolute Gasteiger partial charge is 0.343 e. The molecule has 7 nitrogen and oxygen atoms in total. The van der Waals surface area contributed by atoms with E-state index in [2.05, 4.69) is 5.10 Å². The summed E-state index contributed by atoms with van der Waals surface area (Å²) in [7, 11) is 0. The first-order valence-electron chi connectivity index (χ1n) is 7.21. The summed E-state index contributed by atoms with van der Waals surface area (Å²) >= 11 is 0. The maximum Gasteiger partial charge on any atom is 0.405 e. The van der Waals surface area contributed by atoms with Crippen molar-refractivity contribution < 1.29 is 22.9 Å². The van der Waals surface area contributed by atoms with Gasteiger partial charge in [-0.05, 0) is 31.5 Å². The van der Waals surface area contributed by atoms with Crippen LogP contribution in [0.15, 0.2) is 24.3 Å². The van der Waals surface area contributed by atoms with Crippen LogP contribution in [0.25, 0.3) is 0 Å². The Labute approximate surface area is 140 Å². The molecule has 0 unspecified atom stereocenters. The molecule has 0 radical (unpaired) electrons. The van der Waals surface area contributed by atoms with Gasteiger partial charge in [-0.2, -0.15) is 18.3 Å². The molecule has 0 atom stereocenters. The molecule has 0 fully saturated rings. The first-order chi connectivity index (χ1) is 11.6. The maximum absolute atomic E-state index is 12.1. The number of amides is 1. The number of aromatic nitrogens is 2. The van der Waals surface area contributed by atoms with Crippen LogP contribution in [0.1, 0.15) is 27.3 Å².